The molecule has 0 aromatic heterocycles. The molecule has 3 rings (SSSR count). The molecule has 0 aromatic rings. The van der Waals surface area contributed by atoms with Gasteiger partial charge in [0.05, 0.1) is 0 Å². The highest BCUT2D eigenvalue weighted by atomic mass is 15.2. The van der Waals surface area contributed by atoms with Crippen LogP contribution in [0, 0.1) is 10.8 Å². The van der Waals surface area contributed by atoms with Gasteiger partial charge in [-0.1, -0.05) is 6.92 Å². The van der Waals surface area contributed by atoms with E-state index in [1.807, 2.05) is 0 Å². The molecular weight excluding hydrogens is 184 g/mol. The van der Waals surface area contributed by atoms with Gasteiger partial charge in [0.2, 0.25) is 0 Å². The Kier molecular flexibility index (Phi) is 2.33. The first kappa shape index (κ1) is 10.1. The smallest absolute Gasteiger partial charge is 0.00482 e. The Labute approximate surface area is 93.4 Å². The van der Waals surface area contributed by atoms with E-state index in [9.17, 15) is 0 Å². The first-order valence-electron chi connectivity index (χ1n) is 6.63. The second-order valence-corrected chi connectivity index (χ2v) is 6.55. The molecule has 2 saturated heterocycles. The van der Waals surface area contributed by atoms with Crippen molar-refractivity contribution in [3.8, 4) is 0 Å². The summed E-state index contributed by atoms with van der Waals surface area (Å²) in [7, 11) is 0. The molecule has 2 heteroatoms. The predicted octanol–water partition coefficient (Wildman–Crippen LogP) is 1.86. The van der Waals surface area contributed by atoms with Crippen LogP contribution in [0.3, 0.4) is 0 Å². The zero-order chi connectivity index (χ0) is 10.4. The first-order valence-corrected chi connectivity index (χ1v) is 6.63. The zero-order valence-corrected chi connectivity index (χ0v) is 10.0. The van der Waals surface area contributed by atoms with E-state index in [1.54, 1.807) is 0 Å². The molecule has 86 valence electrons. The molecule has 1 N–H and O–H groups in total. The van der Waals surface area contributed by atoms with Gasteiger partial charge in [-0.15, -0.1) is 0 Å². The summed E-state index contributed by atoms with van der Waals surface area (Å²) in [5, 5.41) is 3.51. The molecular formula is C13H24N2. The molecule has 3 fully saturated rings. The van der Waals surface area contributed by atoms with Crippen LogP contribution in [0.25, 0.3) is 0 Å². The number of piperidine rings is 1. The highest BCUT2D eigenvalue weighted by molar-refractivity contribution is 4.99. The number of hydrogen-bond donors (Lipinski definition) is 1. The minimum atomic E-state index is 0.563. The molecule has 2 aliphatic heterocycles. The SMILES string of the molecule is CC1(CN2CCCC3(CC3)C2)CCNC1. The van der Waals surface area contributed by atoms with Crippen molar-refractivity contribution in [2.45, 2.75) is 39.0 Å². The van der Waals surface area contributed by atoms with Crippen molar-refractivity contribution < 1.29 is 0 Å². The van der Waals surface area contributed by atoms with Gasteiger partial charge < -0.3 is 10.2 Å². The van der Waals surface area contributed by atoms with E-state index >= 15 is 0 Å². The average Bonchev–Trinajstić information content (AvgIpc) is 2.78. The van der Waals surface area contributed by atoms with E-state index in [-0.39, 0.29) is 0 Å². The summed E-state index contributed by atoms with van der Waals surface area (Å²) in [6.07, 6.45) is 7.36. The maximum absolute atomic E-state index is 3.51. The Hall–Kier alpha value is -0.0800. The summed E-state index contributed by atoms with van der Waals surface area (Å²) in [6.45, 7) is 9.02. The first-order chi connectivity index (χ1) is 7.20. The fraction of sp³-hybridized carbons (Fsp3) is 1.00. The fourth-order valence-corrected chi connectivity index (χ4v) is 3.57. The molecule has 0 radical (unpaired) electrons. The quantitative estimate of drug-likeness (QED) is 0.745. The molecule has 15 heavy (non-hydrogen) atoms. The van der Waals surface area contributed by atoms with Crippen LogP contribution < -0.4 is 5.32 Å². The number of hydrogen-bond acceptors (Lipinski definition) is 2. The Morgan fingerprint density at radius 1 is 1.20 bits per heavy atom. The normalized spacial score (nSPS) is 39.8. The third-order valence-electron chi connectivity index (χ3n) is 4.76. The van der Waals surface area contributed by atoms with Crippen LogP contribution in [-0.2, 0) is 0 Å². The van der Waals surface area contributed by atoms with Gasteiger partial charge in [0.15, 0.2) is 0 Å². The van der Waals surface area contributed by atoms with Crippen LogP contribution in [-0.4, -0.2) is 37.6 Å². The number of likely N-dealkylation sites (tertiary alicyclic amines) is 1. The second kappa shape index (κ2) is 3.46. The Bertz CT molecular complexity index is 239. The molecule has 2 heterocycles. The summed E-state index contributed by atoms with van der Waals surface area (Å²) in [5.74, 6) is 0. The summed E-state index contributed by atoms with van der Waals surface area (Å²) in [5.41, 5.74) is 1.36. The molecule has 1 atom stereocenters. The molecule has 1 spiro atoms. The predicted molar refractivity (Wildman–Crippen MR) is 62.9 cm³/mol. The van der Waals surface area contributed by atoms with Gasteiger partial charge in [0.1, 0.15) is 0 Å². The summed E-state index contributed by atoms with van der Waals surface area (Å²) < 4.78 is 0. The van der Waals surface area contributed by atoms with E-state index < -0.39 is 0 Å². The van der Waals surface area contributed by atoms with Gasteiger partial charge in [-0.3, -0.25) is 0 Å². The van der Waals surface area contributed by atoms with Crippen molar-refractivity contribution in [2.24, 2.45) is 10.8 Å². The number of nitrogens with zero attached hydrogens (tertiary/aromatic N) is 1. The summed E-state index contributed by atoms with van der Waals surface area (Å²) in [4.78, 5) is 2.75. The van der Waals surface area contributed by atoms with Crippen LogP contribution >= 0.6 is 0 Å². The summed E-state index contributed by atoms with van der Waals surface area (Å²) in [6, 6.07) is 0. The number of rotatable bonds is 2. The molecule has 1 unspecified atom stereocenters. The third kappa shape index (κ3) is 2.07. The standard InChI is InChI=1S/C13H24N2/c1-12(6-7-14-9-12)10-15-8-2-3-13(11-15)4-5-13/h14H,2-11H2,1H3. The molecule has 1 saturated carbocycles. The Morgan fingerprint density at radius 3 is 2.73 bits per heavy atom. The van der Waals surface area contributed by atoms with Crippen molar-refractivity contribution in [3.63, 3.8) is 0 Å². The summed E-state index contributed by atoms with van der Waals surface area (Å²) >= 11 is 0. The lowest BCUT2D eigenvalue weighted by molar-refractivity contribution is 0.111. The average molecular weight is 208 g/mol. The van der Waals surface area contributed by atoms with E-state index in [4.69, 9.17) is 0 Å². The van der Waals surface area contributed by atoms with Gasteiger partial charge in [-0.05, 0) is 56.0 Å². The van der Waals surface area contributed by atoms with E-state index in [0.717, 1.165) is 5.41 Å². The minimum Gasteiger partial charge on any atom is -0.316 e. The lowest BCUT2D eigenvalue weighted by atomic mass is 9.87. The van der Waals surface area contributed by atoms with Crippen LogP contribution in [0.4, 0.5) is 0 Å². The van der Waals surface area contributed by atoms with Crippen molar-refractivity contribution in [1.29, 1.82) is 0 Å². The van der Waals surface area contributed by atoms with Crippen LogP contribution in [0.15, 0.2) is 0 Å². The highest BCUT2D eigenvalue weighted by Gasteiger charge is 2.46. The monoisotopic (exact) mass is 208 g/mol. The highest BCUT2D eigenvalue weighted by Crippen LogP contribution is 2.52. The van der Waals surface area contributed by atoms with E-state index in [0.29, 0.717) is 5.41 Å². The lowest BCUT2D eigenvalue weighted by Gasteiger charge is -2.38. The van der Waals surface area contributed by atoms with Crippen LogP contribution in [0.2, 0.25) is 0 Å². The van der Waals surface area contributed by atoms with E-state index in [1.165, 1.54) is 64.8 Å². The molecule has 2 nitrogen and oxygen atoms in total. The zero-order valence-electron chi connectivity index (χ0n) is 10.0. The second-order valence-electron chi connectivity index (χ2n) is 6.55. The fourth-order valence-electron chi connectivity index (χ4n) is 3.57. The van der Waals surface area contributed by atoms with Gasteiger partial charge in [-0.25, -0.2) is 0 Å². The maximum Gasteiger partial charge on any atom is 0.00482 e. The number of nitrogens with one attached hydrogen (secondary N) is 1. The van der Waals surface area contributed by atoms with Gasteiger partial charge in [0.25, 0.3) is 0 Å². The van der Waals surface area contributed by atoms with Crippen molar-refractivity contribution >= 4 is 0 Å². The Balaban J connectivity index is 1.58. The minimum absolute atomic E-state index is 0.563. The lowest BCUT2D eigenvalue weighted by Crippen LogP contribution is -2.43. The van der Waals surface area contributed by atoms with Gasteiger partial charge in [0, 0.05) is 19.6 Å². The van der Waals surface area contributed by atoms with Crippen molar-refractivity contribution in [2.75, 3.05) is 32.7 Å². The van der Waals surface area contributed by atoms with Crippen LogP contribution in [0.5, 0.6) is 0 Å². The molecule has 0 amide bonds. The van der Waals surface area contributed by atoms with Crippen molar-refractivity contribution in [1.82, 2.24) is 10.2 Å². The topological polar surface area (TPSA) is 15.3 Å². The van der Waals surface area contributed by atoms with Crippen LogP contribution in [0.1, 0.15) is 39.0 Å². The molecule has 1 aliphatic carbocycles. The third-order valence-corrected chi connectivity index (χ3v) is 4.76. The molecule has 0 aromatic carbocycles. The molecule has 3 aliphatic rings. The molecule has 0 bridgehead atoms. The van der Waals surface area contributed by atoms with E-state index in [2.05, 4.69) is 17.1 Å². The van der Waals surface area contributed by atoms with Gasteiger partial charge >= 0.3 is 0 Å². The maximum atomic E-state index is 3.51. The van der Waals surface area contributed by atoms with Crippen molar-refractivity contribution in [3.05, 3.63) is 0 Å². The Morgan fingerprint density at radius 2 is 2.07 bits per heavy atom. The largest absolute Gasteiger partial charge is 0.316 e. The van der Waals surface area contributed by atoms with Gasteiger partial charge in [-0.2, -0.15) is 0 Å².